The Bertz CT molecular complexity index is 204. The van der Waals surface area contributed by atoms with Crippen molar-refractivity contribution in [2.45, 2.75) is 38.5 Å². The molecule has 0 spiro atoms. The maximum Gasteiger partial charge on any atom is 0.267 e. The summed E-state index contributed by atoms with van der Waals surface area (Å²) in [6.07, 6.45) is 0.427. The van der Waals surface area contributed by atoms with Crippen LogP contribution < -0.4 is 0 Å². The van der Waals surface area contributed by atoms with Crippen LogP contribution in [0.2, 0.25) is 0 Å². The number of nitro groups is 1. The molecule has 0 aliphatic carbocycles. The van der Waals surface area contributed by atoms with E-state index >= 15 is 0 Å². The Hall–Kier alpha value is -0.680. The first-order valence-corrected chi connectivity index (χ1v) is 4.34. The molecule has 0 aromatic rings. The molecule has 0 N–H and O–H groups in total. The van der Waals surface area contributed by atoms with Crippen LogP contribution in [-0.4, -0.2) is 29.5 Å². The molecule has 0 aromatic carbocycles. The monoisotopic (exact) mass is 189 g/mol. The average molecular weight is 189 g/mol. The van der Waals surface area contributed by atoms with Gasteiger partial charge in [0.15, 0.2) is 5.79 Å². The van der Waals surface area contributed by atoms with Gasteiger partial charge in [-0.2, -0.15) is 0 Å². The molecule has 0 atom stereocenters. The van der Waals surface area contributed by atoms with Gasteiger partial charge >= 0.3 is 0 Å². The van der Waals surface area contributed by atoms with Crippen LogP contribution in [0.5, 0.6) is 0 Å². The third-order valence-electron chi connectivity index (χ3n) is 2.42. The number of rotatable bonds is 2. The van der Waals surface area contributed by atoms with Crippen molar-refractivity contribution in [1.29, 1.82) is 0 Å². The molecule has 0 unspecified atom stereocenters. The summed E-state index contributed by atoms with van der Waals surface area (Å²) in [5.41, 5.74) is -1.05. The second-order valence-electron chi connectivity index (χ2n) is 3.81. The minimum atomic E-state index is -1.05. The Morgan fingerprint density at radius 3 is 2.15 bits per heavy atom. The van der Waals surface area contributed by atoms with Crippen molar-refractivity contribution < 1.29 is 14.4 Å². The number of hydrogen-bond donors (Lipinski definition) is 0. The van der Waals surface area contributed by atoms with Crippen molar-refractivity contribution in [2.75, 3.05) is 13.2 Å². The van der Waals surface area contributed by atoms with E-state index in [4.69, 9.17) is 9.47 Å². The molecule has 5 nitrogen and oxygen atoms in total. The fourth-order valence-corrected chi connectivity index (χ4v) is 1.14. The van der Waals surface area contributed by atoms with Crippen molar-refractivity contribution in [3.05, 3.63) is 10.1 Å². The first kappa shape index (κ1) is 10.4. The van der Waals surface area contributed by atoms with Gasteiger partial charge in [-0.15, -0.1) is 0 Å². The quantitative estimate of drug-likeness (QED) is 0.483. The van der Waals surface area contributed by atoms with Gasteiger partial charge in [0.1, 0.15) is 13.2 Å². The zero-order valence-corrected chi connectivity index (χ0v) is 8.20. The third kappa shape index (κ3) is 1.97. The molecule has 0 bridgehead atoms. The highest BCUT2D eigenvalue weighted by molar-refractivity contribution is 4.82. The largest absolute Gasteiger partial charge is 0.343 e. The SMILES string of the molecule is CCC1([N+](=O)[O-])COC(C)(C)OC1. The molecule has 13 heavy (non-hydrogen) atoms. The van der Waals surface area contributed by atoms with E-state index in [0.717, 1.165) is 0 Å². The van der Waals surface area contributed by atoms with E-state index < -0.39 is 11.3 Å². The van der Waals surface area contributed by atoms with Gasteiger partial charge in [-0.25, -0.2) is 0 Å². The van der Waals surface area contributed by atoms with Gasteiger partial charge in [-0.05, 0) is 13.8 Å². The Balaban J connectivity index is 2.69. The van der Waals surface area contributed by atoms with Crippen LogP contribution in [0.4, 0.5) is 0 Å². The van der Waals surface area contributed by atoms with E-state index in [-0.39, 0.29) is 18.1 Å². The molecule has 1 heterocycles. The van der Waals surface area contributed by atoms with Crippen LogP contribution in [0.15, 0.2) is 0 Å². The maximum absolute atomic E-state index is 10.8. The van der Waals surface area contributed by atoms with Crippen molar-refractivity contribution in [3.63, 3.8) is 0 Å². The van der Waals surface area contributed by atoms with Gasteiger partial charge in [0.2, 0.25) is 0 Å². The van der Waals surface area contributed by atoms with Crippen LogP contribution in [-0.2, 0) is 9.47 Å². The maximum atomic E-state index is 10.8. The summed E-state index contributed by atoms with van der Waals surface area (Å²) in [6.45, 7) is 5.54. The Morgan fingerprint density at radius 2 is 1.85 bits per heavy atom. The van der Waals surface area contributed by atoms with Crippen LogP contribution in [0, 0.1) is 10.1 Å². The standard InChI is InChI=1S/C8H15NO4/c1-4-8(9(10)11)5-12-7(2,3)13-6-8/h4-6H2,1-3H3. The summed E-state index contributed by atoms with van der Waals surface area (Å²) in [7, 11) is 0. The first-order chi connectivity index (χ1) is 5.92. The predicted octanol–water partition coefficient (Wildman–Crippen LogP) is 1.19. The molecule has 0 saturated carbocycles. The molecule has 1 aliphatic rings. The van der Waals surface area contributed by atoms with E-state index in [1.54, 1.807) is 20.8 Å². The minimum Gasteiger partial charge on any atom is -0.343 e. The Labute approximate surface area is 77.2 Å². The summed E-state index contributed by atoms with van der Waals surface area (Å²) in [5.74, 6) is -0.686. The second-order valence-corrected chi connectivity index (χ2v) is 3.81. The highest BCUT2D eigenvalue weighted by Gasteiger charge is 2.48. The fraction of sp³-hybridized carbons (Fsp3) is 1.00. The van der Waals surface area contributed by atoms with E-state index in [1.165, 1.54) is 0 Å². The highest BCUT2D eigenvalue weighted by atomic mass is 16.7. The van der Waals surface area contributed by atoms with E-state index in [2.05, 4.69) is 0 Å². The van der Waals surface area contributed by atoms with Crippen LogP contribution in [0.25, 0.3) is 0 Å². The zero-order valence-electron chi connectivity index (χ0n) is 8.20. The van der Waals surface area contributed by atoms with Gasteiger partial charge in [0, 0.05) is 11.3 Å². The number of nitrogens with zero attached hydrogens (tertiary/aromatic N) is 1. The van der Waals surface area contributed by atoms with E-state index in [0.29, 0.717) is 6.42 Å². The van der Waals surface area contributed by atoms with E-state index in [9.17, 15) is 10.1 Å². The lowest BCUT2D eigenvalue weighted by Crippen LogP contribution is -2.55. The average Bonchev–Trinajstić information content (AvgIpc) is 2.05. The van der Waals surface area contributed by atoms with Gasteiger partial charge in [0.05, 0.1) is 0 Å². The molecule has 0 amide bonds. The molecule has 76 valence electrons. The fourth-order valence-electron chi connectivity index (χ4n) is 1.14. The number of ether oxygens (including phenoxy) is 2. The second kappa shape index (κ2) is 3.23. The Kier molecular flexibility index (Phi) is 2.58. The zero-order chi connectivity index (χ0) is 10.1. The highest BCUT2D eigenvalue weighted by Crippen LogP contribution is 2.27. The van der Waals surface area contributed by atoms with Crippen LogP contribution in [0.3, 0.4) is 0 Å². The number of hydrogen-bond acceptors (Lipinski definition) is 4. The van der Waals surface area contributed by atoms with Crippen molar-refractivity contribution in [1.82, 2.24) is 0 Å². The van der Waals surface area contributed by atoms with Gasteiger partial charge < -0.3 is 9.47 Å². The molecule has 1 rings (SSSR count). The third-order valence-corrected chi connectivity index (χ3v) is 2.42. The van der Waals surface area contributed by atoms with Crippen molar-refractivity contribution in [2.24, 2.45) is 0 Å². The minimum absolute atomic E-state index is 0.128. The Morgan fingerprint density at radius 1 is 1.38 bits per heavy atom. The van der Waals surface area contributed by atoms with Gasteiger partial charge in [0.25, 0.3) is 5.54 Å². The molecule has 1 aliphatic heterocycles. The summed E-state index contributed by atoms with van der Waals surface area (Å²) < 4.78 is 10.5. The molecule has 0 aromatic heterocycles. The summed E-state index contributed by atoms with van der Waals surface area (Å²) >= 11 is 0. The first-order valence-electron chi connectivity index (χ1n) is 4.34. The van der Waals surface area contributed by atoms with E-state index in [1.807, 2.05) is 0 Å². The molecular weight excluding hydrogens is 174 g/mol. The van der Waals surface area contributed by atoms with Crippen molar-refractivity contribution in [3.8, 4) is 0 Å². The van der Waals surface area contributed by atoms with Crippen LogP contribution in [0.1, 0.15) is 27.2 Å². The lowest BCUT2D eigenvalue weighted by molar-refractivity contribution is -0.596. The smallest absolute Gasteiger partial charge is 0.267 e. The normalized spacial score (nSPS) is 25.5. The van der Waals surface area contributed by atoms with Gasteiger partial charge in [-0.3, -0.25) is 10.1 Å². The molecular formula is C8H15NO4. The summed E-state index contributed by atoms with van der Waals surface area (Å²) in [4.78, 5) is 10.5. The summed E-state index contributed by atoms with van der Waals surface area (Å²) in [5, 5.41) is 10.8. The molecule has 1 saturated heterocycles. The van der Waals surface area contributed by atoms with Crippen molar-refractivity contribution >= 4 is 0 Å². The topological polar surface area (TPSA) is 61.6 Å². The van der Waals surface area contributed by atoms with Gasteiger partial charge in [-0.1, -0.05) is 6.92 Å². The summed E-state index contributed by atoms with van der Waals surface area (Å²) in [6, 6.07) is 0. The molecule has 0 radical (unpaired) electrons. The molecule has 1 fully saturated rings. The lowest BCUT2D eigenvalue weighted by atomic mass is 9.98. The predicted molar refractivity (Wildman–Crippen MR) is 46.0 cm³/mol. The lowest BCUT2D eigenvalue weighted by Gasteiger charge is -2.37. The molecule has 5 heteroatoms. The van der Waals surface area contributed by atoms with Crippen LogP contribution >= 0.6 is 0 Å².